The van der Waals surface area contributed by atoms with Crippen molar-refractivity contribution in [2.45, 2.75) is 20.1 Å². The van der Waals surface area contributed by atoms with Crippen molar-refractivity contribution in [2.75, 3.05) is 12.8 Å². The van der Waals surface area contributed by atoms with Gasteiger partial charge >= 0.3 is 5.97 Å². The molecule has 0 fully saturated rings. The number of rotatable bonds is 5. The van der Waals surface area contributed by atoms with E-state index in [1.165, 1.54) is 13.4 Å². The number of methoxy groups -OCH3 is 1. The standard InChI is InChI=1S/C13H16N4O3/c1-3-17-11(15-8-16-17)7-20-13(18)9-5-4-6-10(14)12(9)19-2/h4-6,8H,3,7,14H2,1-2H3. The first-order chi connectivity index (χ1) is 9.67. The fourth-order valence-corrected chi connectivity index (χ4v) is 1.82. The lowest BCUT2D eigenvalue weighted by Crippen LogP contribution is -2.11. The summed E-state index contributed by atoms with van der Waals surface area (Å²) >= 11 is 0. The number of ether oxygens (including phenoxy) is 2. The number of para-hydroxylation sites is 1. The zero-order valence-electron chi connectivity index (χ0n) is 11.4. The Morgan fingerprint density at radius 2 is 2.25 bits per heavy atom. The third-order valence-corrected chi connectivity index (χ3v) is 2.80. The van der Waals surface area contributed by atoms with Gasteiger partial charge in [-0.05, 0) is 19.1 Å². The van der Waals surface area contributed by atoms with Gasteiger partial charge in [-0.2, -0.15) is 5.10 Å². The number of aromatic nitrogens is 3. The summed E-state index contributed by atoms with van der Waals surface area (Å²) in [5, 5.41) is 4.00. The van der Waals surface area contributed by atoms with E-state index >= 15 is 0 Å². The highest BCUT2D eigenvalue weighted by Gasteiger charge is 2.16. The number of esters is 1. The molecule has 0 saturated carbocycles. The van der Waals surface area contributed by atoms with E-state index in [1.54, 1.807) is 22.9 Å². The number of hydrogen-bond acceptors (Lipinski definition) is 6. The molecule has 0 aliphatic heterocycles. The van der Waals surface area contributed by atoms with Crippen LogP contribution >= 0.6 is 0 Å². The van der Waals surface area contributed by atoms with Crippen LogP contribution < -0.4 is 10.5 Å². The molecule has 0 amide bonds. The van der Waals surface area contributed by atoms with Crippen molar-refractivity contribution >= 4 is 11.7 Å². The minimum atomic E-state index is -0.514. The van der Waals surface area contributed by atoms with E-state index in [0.717, 1.165) is 0 Å². The molecule has 106 valence electrons. The lowest BCUT2D eigenvalue weighted by atomic mass is 10.2. The van der Waals surface area contributed by atoms with Gasteiger partial charge < -0.3 is 15.2 Å². The molecule has 0 unspecified atom stereocenters. The lowest BCUT2D eigenvalue weighted by molar-refractivity contribution is 0.0453. The highest BCUT2D eigenvalue weighted by atomic mass is 16.5. The molecule has 1 aromatic carbocycles. The Kier molecular flexibility index (Phi) is 4.19. The van der Waals surface area contributed by atoms with Crippen LogP contribution in [0.1, 0.15) is 23.1 Å². The van der Waals surface area contributed by atoms with Gasteiger partial charge in [0.25, 0.3) is 0 Å². The number of carbonyl (C=O) groups excluding carboxylic acids is 1. The van der Waals surface area contributed by atoms with Crippen LogP contribution in [-0.4, -0.2) is 27.8 Å². The minimum absolute atomic E-state index is 0.0463. The van der Waals surface area contributed by atoms with Crippen LogP contribution in [0.5, 0.6) is 5.75 Å². The van der Waals surface area contributed by atoms with E-state index in [4.69, 9.17) is 15.2 Å². The van der Waals surface area contributed by atoms with E-state index in [1.807, 2.05) is 6.92 Å². The maximum atomic E-state index is 12.1. The van der Waals surface area contributed by atoms with Crippen LogP contribution in [0, 0.1) is 0 Å². The van der Waals surface area contributed by atoms with Gasteiger partial charge in [-0.1, -0.05) is 6.07 Å². The second-order valence-electron chi connectivity index (χ2n) is 4.00. The first kappa shape index (κ1) is 13.9. The van der Waals surface area contributed by atoms with Gasteiger partial charge in [-0.15, -0.1) is 0 Å². The second-order valence-corrected chi connectivity index (χ2v) is 4.00. The van der Waals surface area contributed by atoms with Crippen molar-refractivity contribution in [3.63, 3.8) is 0 Å². The molecule has 0 radical (unpaired) electrons. The quantitative estimate of drug-likeness (QED) is 0.652. The summed E-state index contributed by atoms with van der Waals surface area (Å²) in [6.45, 7) is 2.64. The zero-order chi connectivity index (χ0) is 14.5. The van der Waals surface area contributed by atoms with Gasteiger partial charge in [0.2, 0.25) is 0 Å². The predicted molar refractivity (Wildman–Crippen MR) is 72.2 cm³/mol. The second kappa shape index (κ2) is 6.05. The van der Waals surface area contributed by atoms with Gasteiger partial charge in [0, 0.05) is 6.54 Å². The highest BCUT2D eigenvalue weighted by Crippen LogP contribution is 2.26. The summed E-state index contributed by atoms with van der Waals surface area (Å²) in [5.74, 6) is 0.387. The van der Waals surface area contributed by atoms with Crippen LogP contribution in [0.15, 0.2) is 24.5 Å². The molecule has 0 aliphatic carbocycles. The Morgan fingerprint density at radius 3 is 2.95 bits per heavy atom. The molecular weight excluding hydrogens is 260 g/mol. The Bertz CT molecular complexity index is 609. The topological polar surface area (TPSA) is 92.3 Å². The smallest absolute Gasteiger partial charge is 0.342 e. The summed E-state index contributed by atoms with van der Waals surface area (Å²) in [7, 11) is 1.45. The van der Waals surface area contributed by atoms with Gasteiger partial charge in [-0.25, -0.2) is 14.5 Å². The normalized spacial score (nSPS) is 10.3. The van der Waals surface area contributed by atoms with E-state index in [2.05, 4.69) is 10.1 Å². The summed E-state index contributed by atoms with van der Waals surface area (Å²) in [6.07, 6.45) is 1.42. The summed E-state index contributed by atoms with van der Waals surface area (Å²) in [4.78, 5) is 16.1. The molecule has 1 heterocycles. The van der Waals surface area contributed by atoms with Crippen LogP contribution in [0.3, 0.4) is 0 Å². The third kappa shape index (κ3) is 2.71. The molecule has 0 spiro atoms. The van der Waals surface area contributed by atoms with Gasteiger partial charge in [0.15, 0.2) is 18.2 Å². The van der Waals surface area contributed by atoms with Crippen molar-refractivity contribution in [1.29, 1.82) is 0 Å². The largest absolute Gasteiger partial charge is 0.494 e. The maximum Gasteiger partial charge on any atom is 0.342 e. The van der Waals surface area contributed by atoms with E-state index < -0.39 is 5.97 Å². The molecule has 20 heavy (non-hydrogen) atoms. The van der Waals surface area contributed by atoms with Crippen LogP contribution in [-0.2, 0) is 17.9 Å². The summed E-state index contributed by atoms with van der Waals surface area (Å²) in [5.41, 5.74) is 6.42. The first-order valence-electron chi connectivity index (χ1n) is 6.13. The molecule has 1 aromatic heterocycles. The molecule has 2 rings (SSSR count). The average Bonchev–Trinajstić information content (AvgIpc) is 2.91. The predicted octanol–water partition coefficient (Wildman–Crippen LogP) is 1.25. The average molecular weight is 276 g/mol. The number of benzene rings is 1. The van der Waals surface area contributed by atoms with Crippen LogP contribution in [0.4, 0.5) is 5.69 Å². The van der Waals surface area contributed by atoms with E-state index in [-0.39, 0.29) is 12.2 Å². The summed E-state index contributed by atoms with van der Waals surface area (Å²) in [6, 6.07) is 4.92. The number of nitrogens with zero attached hydrogens (tertiary/aromatic N) is 3. The Hall–Kier alpha value is -2.57. The number of nitrogens with two attached hydrogens (primary N) is 1. The van der Waals surface area contributed by atoms with E-state index in [9.17, 15) is 4.79 Å². The number of anilines is 1. The number of hydrogen-bond donors (Lipinski definition) is 1. The third-order valence-electron chi connectivity index (χ3n) is 2.80. The maximum absolute atomic E-state index is 12.1. The molecule has 0 aliphatic rings. The Balaban J connectivity index is 2.11. The molecule has 0 saturated heterocycles. The van der Waals surface area contributed by atoms with Crippen molar-refractivity contribution in [2.24, 2.45) is 0 Å². The molecule has 0 bridgehead atoms. The highest BCUT2D eigenvalue weighted by molar-refractivity contribution is 5.94. The fourth-order valence-electron chi connectivity index (χ4n) is 1.82. The molecule has 7 heteroatoms. The zero-order valence-corrected chi connectivity index (χ0v) is 11.4. The monoisotopic (exact) mass is 276 g/mol. The number of carbonyl (C=O) groups is 1. The van der Waals surface area contributed by atoms with Gasteiger partial charge in [0.05, 0.1) is 12.8 Å². The Morgan fingerprint density at radius 1 is 1.45 bits per heavy atom. The summed E-state index contributed by atoms with van der Waals surface area (Å²) < 4.78 is 12.0. The fraction of sp³-hybridized carbons (Fsp3) is 0.308. The Labute approximate surface area is 116 Å². The SMILES string of the molecule is CCn1ncnc1COC(=O)c1cccc(N)c1OC. The van der Waals surface area contributed by atoms with Crippen molar-refractivity contribution < 1.29 is 14.3 Å². The molecule has 2 aromatic rings. The molecule has 7 nitrogen and oxygen atoms in total. The minimum Gasteiger partial charge on any atom is -0.494 e. The van der Waals surface area contributed by atoms with Crippen molar-refractivity contribution in [1.82, 2.24) is 14.8 Å². The number of aryl methyl sites for hydroxylation is 1. The number of nitrogen functional groups attached to an aromatic ring is 1. The van der Waals surface area contributed by atoms with Crippen LogP contribution in [0.2, 0.25) is 0 Å². The lowest BCUT2D eigenvalue weighted by Gasteiger charge is -2.10. The van der Waals surface area contributed by atoms with Crippen molar-refractivity contribution in [3.8, 4) is 5.75 Å². The molecular formula is C13H16N4O3. The van der Waals surface area contributed by atoms with Crippen molar-refractivity contribution in [3.05, 3.63) is 35.9 Å². The van der Waals surface area contributed by atoms with Gasteiger partial charge in [0.1, 0.15) is 11.9 Å². The van der Waals surface area contributed by atoms with E-state index in [0.29, 0.717) is 23.8 Å². The van der Waals surface area contributed by atoms with Crippen LogP contribution in [0.25, 0.3) is 0 Å². The molecule has 2 N–H and O–H groups in total. The van der Waals surface area contributed by atoms with Gasteiger partial charge in [-0.3, -0.25) is 0 Å². The molecule has 0 atom stereocenters. The first-order valence-corrected chi connectivity index (χ1v) is 6.13.